The second-order valence-electron chi connectivity index (χ2n) is 14.5. The molecule has 0 fully saturated rings. The third-order valence-corrected chi connectivity index (χ3v) is 10.2. The van der Waals surface area contributed by atoms with Crippen molar-refractivity contribution in [3.05, 3.63) is 24.3 Å². The summed E-state index contributed by atoms with van der Waals surface area (Å²) in [5.41, 5.74) is 5.35. The molecule has 0 saturated heterocycles. The molecule has 312 valence electrons. The van der Waals surface area contributed by atoms with Crippen molar-refractivity contribution in [1.82, 2.24) is 0 Å². The second kappa shape index (κ2) is 38.7. The molecule has 0 aromatic rings. The first-order chi connectivity index (χ1) is 25.7. The van der Waals surface area contributed by atoms with Crippen LogP contribution in [0.4, 0.5) is 0 Å². The molecule has 0 aromatic carbocycles. The van der Waals surface area contributed by atoms with Crippen LogP contribution in [0.3, 0.4) is 0 Å². The van der Waals surface area contributed by atoms with E-state index in [1.165, 1.54) is 128 Å². The fraction of sp³-hybridized carbons (Fsp3) is 0.857. The minimum absolute atomic E-state index is 0.0185. The third-order valence-electron chi connectivity index (χ3n) is 9.23. The highest BCUT2D eigenvalue weighted by molar-refractivity contribution is 7.47. The fourth-order valence-corrected chi connectivity index (χ4v) is 6.65. The van der Waals surface area contributed by atoms with E-state index in [1.807, 2.05) is 0 Å². The SMILES string of the molecule is CCCCC/C=C\C/C=C\CCCCCCCCCCCCOCC(COP(=O)(O)OCC(N)C(=O)O)OC(=O)CCCCCCCCCCCCC. The first-order valence-corrected chi connectivity index (χ1v) is 22.9. The van der Waals surface area contributed by atoms with Crippen LogP contribution in [0.5, 0.6) is 0 Å². The summed E-state index contributed by atoms with van der Waals surface area (Å²) in [5.74, 6) is -1.78. The van der Waals surface area contributed by atoms with Gasteiger partial charge in [-0.3, -0.25) is 18.6 Å². The quantitative estimate of drug-likeness (QED) is 0.0237. The molecule has 0 aliphatic heterocycles. The molecule has 0 aliphatic carbocycles. The van der Waals surface area contributed by atoms with Gasteiger partial charge < -0.3 is 25.2 Å². The summed E-state index contributed by atoms with van der Waals surface area (Å²) >= 11 is 0. The molecule has 0 amide bonds. The predicted molar refractivity (Wildman–Crippen MR) is 217 cm³/mol. The fourth-order valence-electron chi connectivity index (χ4n) is 5.87. The van der Waals surface area contributed by atoms with Crippen LogP contribution < -0.4 is 5.73 Å². The van der Waals surface area contributed by atoms with E-state index >= 15 is 0 Å². The average Bonchev–Trinajstić information content (AvgIpc) is 3.13. The summed E-state index contributed by atoms with van der Waals surface area (Å²) in [6.45, 7) is 3.85. The summed E-state index contributed by atoms with van der Waals surface area (Å²) in [5, 5.41) is 8.88. The number of allylic oxidation sites excluding steroid dienone is 4. The van der Waals surface area contributed by atoms with Gasteiger partial charge in [0.05, 0.1) is 19.8 Å². The Morgan fingerprint density at radius 2 is 1.04 bits per heavy atom. The molecule has 53 heavy (non-hydrogen) atoms. The Labute approximate surface area is 324 Å². The number of phosphoric acid groups is 1. The highest BCUT2D eigenvalue weighted by atomic mass is 31.2. The molecular weight excluding hydrogens is 693 g/mol. The number of aliphatic carboxylic acids is 1. The molecule has 11 heteroatoms. The van der Waals surface area contributed by atoms with Crippen LogP contribution in [0.2, 0.25) is 0 Å². The van der Waals surface area contributed by atoms with Crippen LogP contribution in [0, 0.1) is 0 Å². The summed E-state index contributed by atoms with van der Waals surface area (Å²) in [6, 6.07) is -1.47. The van der Waals surface area contributed by atoms with Crippen molar-refractivity contribution in [3.63, 3.8) is 0 Å². The summed E-state index contributed by atoms with van der Waals surface area (Å²) in [7, 11) is -4.61. The lowest BCUT2D eigenvalue weighted by molar-refractivity contribution is -0.154. The Morgan fingerprint density at radius 1 is 0.604 bits per heavy atom. The minimum atomic E-state index is -4.61. The molecule has 4 N–H and O–H groups in total. The van der Waals surface area contributed by atoms with Gasteiger partial charge in [0.2, 0.25) is 0 Å². The van der Waals surface area contributed by atoms with E-state index in [1.54, 1.807) is 0 Å². The monoisotopic (exact) mass is 774 g/mol. The maximum Gasteiger partial charge on any atom is 0.472 e. The number of carboxylic acids is 1. The molecule has 0 saturated carbocycles. The van der Waals surface area contributed by atoms with Crippen LogP contribution in [0.15, 0.2) is 24.3 Å². The largest absolute Gasteiger partial charge is 0.480 e. The van der Waals surface area contributed by atoms with Crippen LogP contribution >= 0.6 is 7.82 Å². The topological polar surface area (TPSA) is 155 Å². The molecule has 0 bridgehead atoms. The smallest absolute Gasteiger partial charge is 0.472 e. The van der Waals surface area contributed by atoms with Crippen molar-refractivity contribution >= 4 is 19.8 Å². The van der Waals surface area contributed by atoms with Crippen molar-refractivity contribution in [2.24, 2.45) is 5.73 Å². The average molecular weight is 774 g/mol. The molecular formula is C42H80NO9P. The summed E-state index contributed by atoms with van der Waals surface area (Å²) in [6.07, 6.45) is 40.9. The summed E-state index contributed by atoms with van der Waals surface area (Å²) in [4.78, 5) is 33.4. The first-order valence-electron chi connectivity index (χ1n) is 21.4. The Balaban J connectivity index is 4.17. The predicted octanol–water partition coefficient (Wildman–Crippen LogP) is 11.5. The van der Waals surface area contributed by atoms with Crippen LogP contribution in [-0.4, -0.2) is 60.5 Å². The lowest BCUT2D eigenvalue weighted by Gasteiger charge is -2.20. The first kappa shape index (κ1) is 51.5. The number of carboxylic acid groups (broad SMARTS) is 1. The van der Waals surface area contributed by atoms with E-state index in [2.05, 4.69) is 38.2 Å². The zero-order valence-electron chi connectivity index (χ0n) is 33.9. The van der Waals surface area contributed by atoms with Gasteiger partial charge in [0.25, 0.3) is 0 Å². The Bertz CT molecular complexity index is 946. The second-order valence-corrected chi connectivity index (χ2v) is 15.9. The highest BCUT2D eigenvalue weighted by Crippen LogP contribution is 2.43. The molecule has 3 unspecified atom stereocenters. The number of carbonyl (C=O) groups excluding carboxylic acids is 1. The van der Waals surface area contributed by atoms with E-state index in [9.17, 15) is 19.0 Å². The van der Waals surface area contributed by atoms with Crippen molar-refractivity contribution in [3.8, 4) is 0 Å². The molecule has 0 spiro atoms. The normalized spacial score (nSPS) is 14.2. The van der Waals surface area contributed by atoms with Gasteiger partial charge in [0.1, 0.15) is 12.1 Å². The van der Waals surface area contributed by atoms with Crippen LogP contribution in [-0.2, 0) is 32.7 Å². The standard InChI is InChI=1S/C42H80NO9P/c1-3-5-7-9-11-13-15-16-17-18-19-20-21-22-23-25-27-29-31-33-35-49-36-39(37-50-53(47,48)51-38-40(43)42(45)46)52-41(44)34-32-30-28-26-24-14-12-10-8-6-4-2/h11,13,16-17,39-40H,3-10,12,14-15,18-38,43H2,1-2H3,(H,45,46)(H,47,48)/b13-11-,17-16-. The van der Waals surface area contributed by atoms with Crippen LogP contribution in [0.1, 0.15) is 194 Å². The van der Waals surface area contributed by atoms with Gasteiger partial charge in [-0.15, -0.1) is 0 Å². The van der Waals surface area contributed by atoms with Gasteiger partial charge in [-0.25, -0.2) is 4.57 Å². The van der Waals surface area contributed by atoms with Gasteiger partial charge in [-0.2, -0.15) is 0 Å². The van der Waals surface area contributed by atoms with Gasteiger partial charge in [0, 0.05) is 13.0 Å². The zero-order valence-corrected chi connectivity index (χ0v) is 34.8. The van der Waals surface area contributed by atoms with E-state index in [0.29, 0.717) is 13.0 Å². The number of phosphoric ester groups is 1. The Kier molecular flexibility index (Phi) is 37.6. The number of hydrogen-bond donors (Lipinski definition) is 3. The molecule has 0 aromatic heterocycles. The minimum Gasteiger partial charge on any atom is -0.480 e. The number of carbonyl (C=O) groups is 2. The molecule has 0 radical (unpaired) electrons. The van der Waals surface area contributed by atoms with E-state index in [0.717, 1.165) is 38.5 Å². The Morgan fingerprint density at radius 3 is 1.57 bits per heavy atom. The van der Waals surface area contributed by atoms with Crippen molar-refractivity contribution in [2.45, 2.75) is 206 Å². The lowest BCUT2D eigenvalue weighted by Crippen LogP contribution is -2.34. The number of nitrogens with two attached hydrogens (primary N) is 1. The van der Waals surface area contributed by atoms with Gasteiger partial charge in [0.15, 0.2) is 0 Å². The van der Waals surface area contributed by atoms with Gasteiger partial charge in [-0.05, 0) is 44.9 Å². The number of hydrogen-bond acceptors (Lipinski definition) is 8. The van der Waals surface area contributed by atoms with E-state index in [4.69, 9.17) is 29.4 Å². The van der Waals surface area contributed by atoms with E-state index in [-0.39, 0.29) is 13.0 Å². The van der Waals surface area contributed by atoms with Crippen molar-refractivity contribution < 1.29 is 42.7 Å². The van der Waals surface area contributed by atoms with Crippen molar-refractivity contribution in [2.75, 3.05) is 26.4 Å². The number of rotatable bonds is 41. The molecule has 0 aliphatic rings. The third kappa shape index (κ3) is 38.5. The lowest BCUT2D eigenvalue weighted by atomic mass is 10.1. The molecule has 0 heterocycles. The number of unbranched alkanes of at least 4 members (excludes halogenated alkanes) is 23. The number of ether oxygens (including phenoxy) is 2. The van der Waals surface area contributed by atoms with Crippen LogP contribution in [0.25, 0.3) is 0 Å². The molecule has 10 nitrogen and oxygen atoms in total. The molecule has 0 rings (SSSR count). The summed E-state index contributed by atoms with van der Waals surface area (Å²) < 4.78 is 33.3. The highest BCUT2D eigenvalue weighted by Gasteiger charge is 2.27. The van der Waals surface area contributed by atoms with Gasteiger partial charge >= 0.3 is 19.8 Å². The Hall–Kier alpha value is -1.55. The maximum atomic E-state index is 12.6. The maximum absolute atomic E-state index is 12.6. The van der Waals surface area contributed by atoms with Crippen molar-refractivity contribution in [1.29, 1.82) is 0 Å². The van der Waals surface area contributed by atoms with Gasteiger partial charge in [-0.1, -0.05) is 167 Å². The number of esters is 1. The zero-order chi connectivity index (χ0) is 39.1. The van der Waals surface area contributed by atoms with E-state index < -0.39 is 45.1 Å². The molecule has 3 atom stereocenters.